The third-order valence-corrected chi connectivity index (χ3v) is 6.78. The van der Waals surface area contributed by atoms with Crippen LogP contribution in [0.2, 0.25) is 0 Å². The van der Waals surface area contributed by atoms with Crippen molar-refractivity contribution in [3.8, 4) is 11.5 Å². The van der Waals surface area contributed by atoms with Gasteiger partial charge in [0.25, 0.3) is 11.8 Å². The van der Waals surface area contributed by atoms with Gasteiger partial charge in [0.2, 0.25) is 0 Å². The SMILES string of the molecule is O=C(NC1CC1)c1ccc(-c2nc(C3(CNC4C[C@@H]4c4ccccc4)CC3)no2)cc1. The topological polar surface area (TPSA) is 80.0 Å². The molecule has 0 bridgehead atoms. The summed E-state index contributed by atoms with van der Waals surface area (Å²) in [5, 5.41) is 11.0. The standard InChI is InChI=1S/C25H26N4O2/c30-22(27-19-10-11-19)17-6-8-18(9-7-17)23-28-24(29-31-23)25(12-13-25)15-26-21-14-20(21)16-4-2-1-3-5-16/h1-9,19-21,26H,10-15H2,(H,27,30)/t20-,21?/m1/s1. The van der Waals surface area contributed by atoms with Gasteiger partial charge in [-0.2, -0.15) is 4.98 Å². The molecule has 3 saturated carbocycles. The lowest BCUT2D eigenvalue weighted by Crippen LogP contribution is -2.30. The smallest absolute Gasteiger partial charge is 0.257 e. The van der Waals surface area contributed by atoms with Crippen molar-refractivity contribution in [3.63, 3.8) is 0 Å². The zero-order valence-electron chi connectivity index (χ0n) is 17.4. The molecule has 1 heterocycles. The Morgan fingerprint density at radius 1 is 1.06 bits per heavy atom. The van der Waals surface area contributed by atoms with Crippen molar-refractivity contribution in [2.45, 2.75) is 55.5 Å². The van der Waals surface area contributed by atoms with Crippen LogP contribution < -0.4 is 10.6 Å². The number of hydrogen-bond acceptors (Lipinski definition) is 5. The van der Waals surface area contributed by atoms with Crippen molar-refractivity contribution >= 4 is 5.91 Å². The summed E-state index contributed by atoms with van der Waals surface area (Å²) >= 11 is 0. The molecule has 3 fully saturated rings. The number of hydrogen-bond donors (Lipinski definition) is 2. The maximum atomic E-state index is 12.2. The first-order valence-corrected chi connectivity index (χ1v) is 11.2. The fourth-order valence-electron chi connectivity index (χ4n) is 4.26. The molecule has 3 aliphatic rings. The van der Waals surface area contributed by atoms with Gasteiger partial charge in [0.1, 0.15) is 0 Å². The normalized spacial score (nSPS) is 23.4. The first-order valence-electron chi connectivity index (χ1n) is 11.2. The molecule has 0 aliphatic heterocycles. The molecule has 1 aromatic heterocycles. The lowest BCUT2D eigenvalue weighted by atomic mass is 10.1. The van der Waals surface area contributed by atoms with Gasteiger partial charge in [0, 0.05) is 41.1 Å². The molecule has 1 unspecified atom stereocenters. The first kappa shape index (κ1) is 18.8. The predicted octanol–water partition coefficient (Wildman–Crippen LogP) is 3.81. The lowest BCUT2D eigenvalue weighted by molar-refractivity contribution is 0.0951. The molecule has 158 valence electrons. The molecule has 6 rings (SSSR count). The zero-order valence-corrected chi connectivity index (χ0v) is 17.4. The lowest BCUT2D eigenvalue weighted by Gasteiger charge is -2.12. The van der Waals surface area contributed by atoms with Gasteiger partial charge in [0.15, 0.2) is 5.82 Å². The number of rotatable bonds is 8. The summed E-state index contributed by atoms with van der Waals surface area (Å²) in [6.07, 6.45) is 5.53. The van der Waals surface area contributed by atoms with Gasteiger partial charge in [0.05, 0.1) is 0 Å². The van der Waals surface area contributed by atoms with E-state index < -0.39 is 0 Å². The van der Waals surface area contributed by atoms with Gasteiger partial charge in [-0.1, -0.05) is 35.5 Å². The van der Waals surface area contributed by atoms with E-state index in [1.807, 2.05) is 24.3 Å². The van der Waals surface area contributed by atoms with Crippen LogP contribution in [0.5, 0.6) is 0 Å². The Bertz CT molecular complexity index is 1080. The number of amides is 1. The van der Waals surface area contributed by atoms with Crippen LogP contribution in [0.3, 0.4) is 0 Å². The second kappa shape index (κ2) is 7.31. The van der Waals surface area contributed by atoms with E-state index in [-0.39, 0.29) is 11.3 Å². The molecular formula is C25H26N4O2. The first-order chi connectivity index (χ1) is 15.2. The van der Waals surface area contributed by atoms with Crippen LogP contribution in [0.15, 0.2) is 59.1 Å². The van der Waals surface area contributed by atoms with Crippen LogP contribution in [0.1, 0.15) is 59.8 Å². The van der Waals surface area contributed by atoms with E-state index in [4.69, 9.17) is 9.51 Å². The third kappa shape index (κ3) is 3.88. The predicted molar refractivity (Wildman–Crippen MR) is 117 cm³/mol. The molecule has 1 amide bonds. The van der Waals surface area contributed by atoms with Crippen LogP contribution >= 0.6 is 0 Å². The fraction of sp³-hybridized carbons (Fsp3) is 0.400. The Labute approximate surface area is 181 Å². The average Bonchev–Trinajstić information content (AvgIpc) is 3.72. The number of carbonyl (C=O) groups is 1. The van der Waals surface area contributed by atoms with Crippen LogP contribution in [0, 0.1) is 0 Å². The second-order valence-electron chi connectivity index (χ2n) is 9.27. The zero-order chi connectivity index (χ0) is 20.8. The molecule has 6 heteroatoms. The minimum Gasteiger partial charge on any atom is -0.349 e. The highest BCUT2D eigenvalue weighted by Gasteiger charge is 2.50. The second-order valence-corrected chi connectivity index (χ2v) is 9.27. The molecule has 0 saturated heterocycles. The van der Waals surface area contributed by atoms with Crippen molar-refractivity contribution in [3.05, 3.63) is 71.5 Å². The van der Waals surface area contributed by atoms with Gasteiger partial charge < -0.3 is 15.2 Å². The van der Waals surface area contributed by atoms with Crippen molar-refractivity contribution in [2.24, 2.45) is 0 Å². The molecule has 0 radical (unpaired) electrons. The van der Waals surface area contributed by atoms with Crippen molar-refractivity contribution in [1.82, 2.24) is 20.8 Å². The van der Waals surface area contributed by atoms with E-state index in [0.717, 1.165) is 43.6 Å². The summed E-state index contributed by atoms with van der Waals surface area (Å²) in [6, 6.07) is 19.0. The number of aromatic nitrogens is 2. The largest absolute Gasteiger partial charge is 0.349 e. The maximum Gasteiger partial charge on any atom is 0.257 e. The summed E-state index contributed by atoms with van der Waals surface area (Å²) in [5.41, 5.74) is 2.92. The average molecular weight is 415 g/mol. The molecule has 2 aromatic carbocycles. The minimum atomic E-state index is -0.0165. The highest BCUT2D eigenvalue weighted by Crippen LogP contribution is 2.48. The van der Waals surface area contributed by atoms with Crippen LogP contribution in [0.4, 0.5) is 0 Å². The van der Waals surface area contributed by atoms with Crippen molar-refractivity contribution < 1.29 is 9.32 Å². The summed E-state index contributed by atoms with van der Waals surface area (Å²) in [7, 11) is 0. The minimum absolute atomic E-state index is 0.00430. The summed E-state index contributed by atoms with van der Waals surface area (Å²) in [6.45, 7) is 0.889. The number of benzene rings is 2. The summed E-state index contributed by atoms with van der Waals surface area (Å²) < 4.78 is 5.58. The Kier molecular flexibility index (Phi) is 4.42. The number of nitrogens with one attached hydrogen (secondary N) is 2. The van der Waals surface area contributed by atoms with E-state index >= 15 is 0 Å². The Hall–Kier alpha value is -2.99. The van der Waals surface area contributed by atoms with E-state index in [1.165, 1.54) is 12.0 Å². The van der Waals surface area contributed by atoms with E-state index in [0.29, 0.717) is 29.5 Å². The Balaban J connectivity index is 1.09. The quantitative estimate of drug-likeness (QED) is 0.586. The van der Waals surface area contributed by atoms with Gasteiger partial charge >= 0.3 is 0 Å². The van der Waals surface area contributed by atoms with Crippen LogP contribution in [-0.4, -0.2) is 34.7 Å². The van der Waals surface area contributed by atoms with Crippen LogP contribution in [0.25, 0.3) is 11.5 Å². The summed E-state index contributed by atoms with van der Waals surface area (Å²) in [4.78, 5) is 16.9. The molecule has 31 heavy (non-hydrogen) atoms. The van der Waals surface area contributed by atoms with Gasteiger partial charge in [-0.05, 0) is 61.9 Å². The van der Waals surface area contributed by atoms with Gasteiger partial charge in [-0.15, -0.1) is 0 Å². The molecule has 3 aromatic rings. The van der Waals surface area contributed by atoms with Crippen LogP contribution in [-0.2, 0) is 5.41 Å². The van der Waals surface area contributed by atoms with E-state index in [1.54, 1.807) is 0 Å². The molecule has 6 nitrogen and oxygen atoms in total. The van der Waals surface area contributed by atoms with Crippen molar-refractivity contribution in [1.29, 1.82) is 0 Å². The van der Waals surface area contributed by atoms with Crippen molar-refractivity contribution in [2.75, 3.05) is 6.54 Å². The Morgan fingerprint density at radius 3 is 2.55 bits per heavy atom. The van der Waals surface area contributed by atoms with Gasteiger partial charge in [-0.25, -0.2) is 0 Å². The highest BCUT2D eigenvalue weighted by molar-refractivity contribution is 5.94. The number of carbonyl (C=O) groups excluding carboxylic acids is 1. The third-order valence-electron chi connectivity index (χ3n) is 6.78. The molecule has 3 aliphatic carbocycles. The molecule has 2 atom stereocenters. The monoisotopic (exact) mass is 414 g/mol. The highest BCUT2D eigenvalue weighted by atomic mass is 16.5. The molecule has 0 spiro atoms. The van der Waals surface area contributed by atoms with Gasteiger partial charge in [-0.3, -0.25) is 4.79 Å². The fourth-order valence-corrected chi connectivity index (χ4v) is 4.26. The van der Waals surface area contributed by atoms with E-state index in [2.05, 4.69) is 46.1 Å². The number of nitrogens with zero attached hydrogens (tertiary/aromatic N) is 2. The molecule has 2 N–H and O–H groups in total. The Morgan fingerprint density at radius 2 is 1.84 bits per heavy atom. The molecular weight excluding hydrogens is 388 g/mol. The van der Waals surface area contributed by atoms with E-state index in [9.17, 15) is 4.79 Å². The maximum absolute atomic E-state index is 12.2. The summed E-state index contributed by atoms with van der Waals surface area (Å²) in [5.74, 6) is 1.91.